The second-order valence-corrected chi connectivity index (χ2v) is 9.24. The number of rotatable bonds is 15. The lowest BCUT2D eigenvalue weighted by Gasteiger charge is -2.16. The number of nitrogens with zero attached hydrogens (tertiary/aromatic N) is 1. The zero-order valence-electron chi connectivity index (χ0n) is 22.9. The molecule has 216 valence electrons. The molecule has 41 heavy (non-hydrogen) atoms. The van der Waals surface area contributed by atoms with Gasteiger partial charge < -0.3 is 36.8 Å². The highest BCUT2D eigenvalue weighted by atomic mass is 16.5. The number of nitrogens with two attached hydrogens (primary N) is 1. The summed E-state index contributed by atoms with van der Waals surface area (Å²) in [5.74, 6) is -0.965. The Hall–Kier alpha value is -4.81. The van der Waals surface area contributed by atoms with Gasteiger partial charge in [-0.1, -0.05) is 24.3 Å². The van der Waals surface area contributed by atoms with Crippen molar-refractivity contribution in [3.8, 4) is 5.75 Å². The van der Waals surface area contributed by atoms with Crippen LogP contribution in [-0.2, 0) is 20.8 Å². The molecule has 12 heteroatoms. The van der Waals surface area contributed by atoms with Crippen molar-refractivity contribution >= 4 is 40.6 Å². The first kappa shape index (κ1) is 30.7. The molecule has 2 amide bonds. The zero-order valence-corrected chi connectivity index (χ0v) is 22.9. The lowest BCUT2D eigenvalue weighted by molar-refractivity contribution is -0.137. The summed E-state index contributed by atoms with van der Waals surface area (Å²) in [6.07, 6.45) is 1.37. The third-order valence-electron chi connectivity index (χ3n) is 6.09. The molecule has 1 unspecified atom stereocenters. The lowest BCUT2D eigenvalue weighted by Crippen LogP contribution is -2.32. The van der Waals surface area contributed by atoms with Crippen LogP contribution in [0, 0.1) is 6.92 Å². The molecule has 1 heterocycles. The largest absolute Gasteiger partial charge is 0.495 e. The van der Waals surface area contributed by atoms with Gasteiger partial charge in [0.25, 0.3) is 0 Å². The Morgan fingerprint density at radius 2 is 1.73 bits per heavy atom. The van der Waals surface area contributed by atoms with Crippen molar-refractivity contribution in [2.75, 3.05) is 42.7 Å². The minimum Gasteiger partial charge on any atom is -0.495 e. The highest BCUT2D eigenvalue weighted by Gasteiger charge is 2.18. The van der Waals surface area contributed by atoms with Crippen LogP contribution in [0.5, 0.6) is 5.75 Å². The Morgan fingerprint density at radius 1 is 0.976 bits per heavy atom. The maximum atomic E-state index is 12.6. The summed E-state index contributed by atoms with van der Waals surface area (Å²) in [4.78, 5) is 52.1. The van der Waals surface area contributed by atoms with Gasteiger partial charge in [0.15, 0.2) is 11.6 Å². The van der Waals surface area contributed by atoms with Crippen molar-refractivity contribution in [2.45, 2.75) is 25.8 Å². The quantitative estimate of drug-likeness (QED) is 0.161. The number of benzene rings is 2. The molecule has 0 radical (unpaired) electrons. The van der Waals surface area contributed by atoms with Crippen molar-refractivity contribution in [3.63, 3.8) is 0 Å². The van der Waals surface area contributed by atoms with E-state index in [1.54, 1.807) is 36.4 Å². The molecule has 2 aromatic carbocycles. The molecule has 0 saturated carbocycles. The summed E-state index contributed by atoms with van der Waals surface area (Å²) in [5, 5.41) is 20.6. The number of para-hydroxylation sites is 1. The van der Waals surface area contributed by atoms with E-state index in [9.17, 15) is 24.3 Å². The van der Waals surface area contributed by atoms with Gasteiger partial charge in [-0.3, -0.25) is 19.4 Å². The van der Waals surface area contributed by atoms with Gasteiger partial charge in [0.1, 0.15) is 5.75 Å². The number of carboxylic acid groups (broad SMARTS) is 1. The molecule has 0 aliphatic rings. The maximum absolute atomic E-state index is 12.6. The molecule has 0 aliphatic carbocycles. The van der Waals surface area contributed by atoms with E-state index in [1.165, 1.54) is 13.3 Å². The number of nitrogens with one attached hydrogen (secondary N) is 4. The summed E-state index contributed by atoms with van der Waals surface area (Å²) in [7, 11) is 1.48. The maximum Gasteiger partial charge on any atom is 0.323 e. The fourth-order valence-electron chi connectivity index (χ4n) is 3.91. The fraction of sp³-hybridized carbons (Fsp3) is 0.276. The van der Waals surface area contributed by atoms with Crippen LogP contribution in [-0.4, -0.2) is 60.4 Å². The second-order valence-electron chi connectivity index (χ2n) is 9.24. The number of ketones is 2. The predicted octanol–water partition coefficient (Wildman–Crippen LogP) is 2.90. The SMILES string of the molecule is COc1cc(CC(=O)CNc2ccc(C(CC(=O)O)NCC(=O)CN)nc2)ccc1NC(=O)Nc1ccccc1C. The van der Waals surface area contributed by atoms with Crippen LogP contribution in [0.3, 0.4) is 0 Å². The summed E-state index contributed by atoms with van der Waals surface area (Å²) < 4.78 is 5.42. The van der Waals surface area contributed by atoms with Crippen LogP contribution in [0.15, 0.2) is 60.8 Å². The average Bonchev–Trinajstić information content (AvgIpc) is 2.96. The first-order chi connectivity index (χ1) is 19.7. The van der Waals surface area contributed by atoms with Gasteiger partial charge in [-0.05, 0) is 48.4 Å². The molecule has 1 atom stereocenters. The van der Waals surface area contributed by atoms with E-state index in [4.69, 9.17) is 10.5 Å². The zero-order chi connectivity index (χ0) is 29.8. The van der Waals surface area contributed by atoms with Gasteiger partial charge >= 0.3 is 12.0 Å². The van der Waals surface area contributed by atoms with Crippen LogP contribution in [0.2, 0.25) is 0 Å². The standard InChI is InChI=1S/C29H34N6O6/c1-18-5-3-4-6-23(18)34-29(40)35-25-9-7-19(12-27(25)41-2)11-21(36)16-31-20-8-10-24(32-15-20)26(13-28(38)39)33-17-22(37)14-30/h3-10,12,15,26,31,33H,11,13-14,16-17,30H2,1-2H3,(H,38,39)(H2,34,35,40). The number of Topliss-reactive ketones (excluding diaryl/α,β-unsaturated/α-hetero) is 2. The summed E-state index contributed by atoms with van der Waals surface area (Å²) in [6.45, 7) is 1.72. The number of hydrogen-bond acceptors (Lipinski definition) is 9. The number of aryl methyl sites for hydroxylation is 1. The molecule has 7 N–H and O–H groups in total. The smallest absolute Gasteiger partial charge is 0.323 e. The van der Waals surface area contributed by atoms with E-state index in [-0.39, 0.29) is 44.0 Å². The van der Waals surface area contributed by atoms with E-state index in [0.717, 1.165) is 5.56 Å². The van der Waals surface area contributed by atoms with Crippen molar-refractivity contribution in [2.24, 2.45) is 5.73 Å². The minimum absolute atomic E-state index is 0.0317. The number of pyridine rings is 1. The van der Waals surface area contributed by atoms with Gasteiger partial charge in [-0.25, -0.2) is 4.79 Å². The number of methoxy groups -OCH3 is 1. The Balaban J connectivity index is 1.54. The van der Waals surface area contributed by atoms with Crippen molar-refractivity contribution in [1.29, 1.82) is 0 Å². The van der Waals surface area contributed by atoms with Gasteiger partial charge in [-0.2, -0.15) is 0 Å². The number of carbonyl (C=O) groups excluding carboxylic acids is 3. The van der Waals surface area contributed by atoms with E-state index in [1.807, 2.05) is 25.1 Å². The number of aliphatic carboxylic acids is 1. The van der Waals surface area contributed by atoms with E-state index in [0.29, 0.717) is 34.1 Å². The van der Waals surface area contributed by atoms with Gasteiger partial charge in [0.05, 0.1) is 62.5 Å². The molecule has 12 nitrogen and oxygen atoms in total. The summed E-state index contributed by atoms with van der Waals surface area (Å²) >= 11 is 0. The molecular formula is C29H34N6O6. The van der Waals surface area contributed by atoms with E-state index in [2.05, 4.69) is 26.3 Å². The topological polar surface area (TPSA) is 185 Å². The fourth-order valence-corrected chi connectivity index (χ4v) is 3.91. The van der Waals surface area contributed by atoms with Crippen molar-refractivity contribution < 1.29 is 29.0 Å². The van der Waals surface area contributed by atoms with Crippen LogP contribution >= 0.6 is 0 Å². The van der Waals surface area contributed by atoms with Crippen LogP contribution in [0.1, 0.15) is 29.3 Å². The highest BCUT2D eigenvalue weighted by molar-refractivity contribution is 6.01. The van der Waals surface area contributed by atoms with Crippen LogP contribution in [0.25, 0.3) is 0 Å². The van der Waals surface area contributed by atoms with E-state index < -0.39 is 18.0 Å². The molecule has 0 saturated heterocycles. The Morgan fingerprint density at radius 3 is 2.39 bits per heavy atom. The number of carboxylic acids is 1. The third kappa shape index (κ3) is 9.71. The number of aromatic nitrogens is 1. The molecule has 3 rings (SSSR count). The number of ether oxygens (including phenoxy) is 1. The van der Waals surface area contributed by atoms with Crippen molar-refractivity contribution in [1.82, 2.24) is 10.3 Å². The summed E-state index contributed by atoms with van der Waals surface area (Å²) in [6, 6.07) is 14.8. The van der Waals surface area contributed by atoms with Crippen LogP contribution < -0.4 is 31.7 Å². The van der Waals surface area contributed by atoms with Gasteiger partial charge in [-0.15, -0.1) is 0 Å². The first-order valence-corrected chi connectivity index (χ1v) is 12.9. The normalized spacial score (nSPS) is 11.3. The van der Waals surface area contributed by atoms with Crippen LogP contribution in [0.4, 0.5) is 21.9 Å². The Labute approximate surface area is 237 Å². The second kappa shape index (κ2) is 15.1. The molecule has 0 fully saturated rings. The number of anilines is 3. The molecule has 1 aromatic heterocycles. The number of urea groups is 1. The molecule has 3 aromatic rings. The Kier molecular flexibility index (Phi) is 11.3. The first-order valence-electron chi connectivity index (χ1n) is 12.9. The van der Waals surface area contributed by atoms with Crippen molar-refractivity contribution in [3.05, 3.63) is 77.6 Å². The minimum atomic E-state index is -1.04. The van der Waals surface area contributed by atoms with Gasteiger partial charge in [0, 0.05) is 12.1 Å². The lowest BCUT2D eigenvalue weighted by atomic mass is 10.1. The summed E-state index contributed by atoms with van der Waals surface area (Å²) in [5.41, 5.74) is 9.13. The molecule has 0 aliphatic heterocycles. The molecular weight excluding hydrogens is 528 g/mol. The highest BCUT2D eigenvalue weighted by Crippen LogP contribution is 2.26. The number of carbonyl (C=O) groups is 4. The predicted molar refractivity (Wildman–Crippen MR) is 155 cm³/mol. The molecule has 0 spiro atoms. The monoisotopic (exact) mass is 562 g/mol. The Bertz CT molecular complexity index is 1380. The number of hydrogen-bond donors (Lipinski definition) is 6. The third-order valence-corrected chi connectivity index (χ3v) is 6.09. The number of amides is 2. The van der Waals surface area contributed by atoms with E-state index >= 15 is 0 Å². The average molecular weight is 563 g/mol. The molecule has 0 bridgehead atoms. The van der Waals surface area contributed by atoms with Gasteiger partial charge in [0.2, 0.25) is 0 Å².